The summed E-state index contributed by atoms with van der Waals surface area (Å²) in [5.41, 5.74) is 1.73. The van der Waals surface area contributed by atoms with E-state index in [4.69, 9.17) is 4.42 Å². The lowest BCUT2D eigenvalue weighted by molar-refractivity contribution is 0.498. The molecule has 2 saturated carbocycles. The van der Waals surface area contributed by atoms with Crippen LogP contribution in [-0.2, 0) is 0 Å². The van der Waals surface area contributed by atoms with Gasteiger partial charge in [-0.1, -0.05) is 43.2 Å². The molecular weight excluding hydrogens is 274 g/mol. The molecule has 2 aliphatic carbocycles. The van der Waals surface area contributed by atoms with Gasteiger partial charge < -0.3 is 9.73 Å². The highest BCUT2D eigenvalue weighted by Gasteiger charge is 2.43. The van der Waals surface area contributed by atoms with Crippen molar-refractivity contribution in [3.8, 4) is 6.07 Å². The molecule has 0 bridgehead atoms. The first-order valence-electron chi connectivity index (χ1n) is 8.07. The molecule has 0 radical (unpaired) electrons. The molecule has 4 rings (SSSR count). The van der Waals surface area contributed by atoms with Gasteiger partial charge in [-0.05, 0) is 30.7 Å². The van der Waals surface area contributed by atoms with Gasteiger partial charge in [0.25, 0.3) is 0 Å². The van der Waals surface area contributed by atoms with Gasteiger partial charge in [0.1, 0.15) is 6.07 Å². The number of benzene rings is 1. The highest BCUT2D eigenvalue weighted by molar-refractivity contribution is 5.47. The van der Waals surface area contributed by atoms with Crippen LogP contribution in [0.15, 0.2) is 34.7 Å². The zero-order chi connectivity index (χ0) is 14.9. The number of hydrogen-bond acceptors (Lipinski definition) is 4. The Labute approximate surface area is 130 Å². The van der Waals surface area contributed by atoms with E-state index in [9.17, 15) is 5.26 Å². The lowest BCUT2D eigenvalue weighted by atomic mass is 10.1. The summed E-state index contributed by atoms with van der Waals surface area (Å²) >= 11 is 0. The average molecular weight is 293 g/mol. The maximum atomic E-state index is 9.28. The second-order valence-corrected chi connectivity index (χ2v) is 6.33. The fourth-order valence-corrected chi connectivity index (χ4v) is 3.46. The molecule has 0 aliphatic heterocycles. The first-order valence-corrected chi connectivity index (χ1v) is 8.07. The van der Waals surface area contributed by atoms with Crippen LogP contribution in [0.3, 0.4) is 0 Å². The molecular formula is C18H19N3O. The van der Waals surface area contributed by atoms with Gasteiger partial charge in [-0.15, -0.1) is 0 Å². The Balaban J connectivity index is 1.51. The normalized spacial score (nSPS) is 24.1. The number of hydrogen-bond donors (Lipinski definition) is 1. The van der Waals surface area contributed by atoms with E-state index in [0.717, 1.165) is 19.3 Å². The van der Waals surface area contributed by atoms with Crippen molar-refractivity contribution in [3.63, 3.8) is 0 Å². The van der Waals surface area contributed by atoms with Gasteiger partial charge in [0.05, 0.1) is 0 Å². The minimum Gasteiger partial charge on any atom is -0.424 e. The van der Waals surface area contributed by atoms with Crippen molar-refractivity contribution in [1.82, 2.24) is 4.98 Å². The van der Waals surface area contributed by atoms with Crippen molar-refractivity contribution in [1.29, 1.82) is 5.26 Å². The van der Waals surface area contributed by atoms with Gasteiger partial charge in [0.15, 0.2) is 0 Å². The summed E-state index contributed by atoms with van der Waals surface area (Å²) in [4.78, 5) is 4.42. The minimum atomic E-state index is 0.314. The Kier molecular flexibility index (Phi) is 3.34. The maximum absolute atomic E-state index is 9.28. The molecule has 22 heavy (non-hydrogen) atoms. The average Bonchev–Trinajstić information content (AvgIpc) is 3.00. The predicted molar refractivity (Wildman–Crippen MR) is 83.6 cm³/mol. The summed E-state index contributed by atoms with van der Waals surface area (Å²) < 4.78 is 5.90. The topological polar surface area (TPSA) is 61.9 Å². The van der Waals surface area contributed by atoms with E-state index in [1.807, 2.05) is 6.07 Å². The molecule has 0 unspecified atom stereocenters. The fourth-order valence-electron chi connectivity index (χ4n) is 3.46. The second kappa shape index (κ2) is 5.49. The molecule has 0 saturated heterocycles. The number of aromatic nitrogens is 1. The summed E-state index contributed by atoms with van der Waals surface area (Å²) in [6.07, 6.45) is 5.85. The molecule has 2 aliphatic rings. The van der Waals surface area contributed by atoms with Crippen LogP contribution >= 0.6 is 0 Å². The first kappa shape index (κ1) is 13.4. The van der Waals surface area contributed by atoms with Crippen LogP contribution in [0.1, 0.15) is 61.1 Å². The molecule has 1 aromatic heterocycles. The zero-order valence-electron chi connectivity index (χ0n) is 12.5. The molecule has 112 valence electrons. The summed E-state index contributed by atoms with van der Waals surface area (Å²) in [5.74, 6) is 2.08. The Hall–Kier alpha value is -2.28. The number of anilines is 1. The third kappa shape index (κ3) is 2.48. The van der Waals surface area contributed by atoms with Crippen molar-refractivity contribution >= 4 is 5.88 Å². The highest BCUT2D eigenvalue weighted by Crippen LogP contribution is 2.54. The van der Waals surface area contributed by atoms with Gasteiger partial charge in [0, 0.05) is 12.0 Å². The van der Waals surface area contributed by atoms with E-state index in [2.05, 4.69) is 40.6 Å². The Bertz CT molecular complexity index is 695. The van der Waals surface area contributed by atoms with E-state index in [-0.39, 0.29) is 0 Å². The Morgan fingerprint density at radius 2 is 1.91 bits per heavy atom. The molecule has 0 spiro atoms. The second-order valence-electron chi connectivity index (χ2n) is 6.33. The maximum Gasteiger partial charge on any atom is 0.232 e. The standard InChI is InChI=1S/C18H19N3O/c19-11-16-18(20-13-8-4-5-9-13)22-17(21-16)15-10-14(15)12-6-2-1-3-7-12/h1-3,6-7,13-15,20H,4-5,8-10H2/t14-,15+/m0/s1. The van der Waals surface area contributed by atoms with Crippen LogP contribution in [0, 0.1) is 11.3 Å². The summed E-state index contributed by atoms with van der Waals surface area (Å²) in [6, 6.07) is 13.0. The largest absolute Gasteiger partial charge is 0.424 e. The van der Waals surface area contributed by atoms with Crippen LogP contribution in [-0.4, -0.2) is 11.0 Å². The third-order valence-electron chi connectivity index (χ3n) is 4.78. The molecule has 4 heteroatoms. The number of nitriles is 1. The monoisotopic (exact) mass is 293 g/mol. The smallest absolute Gasteiger partial charge is 0.232 e. The fraction of sp³-hybridized carbons (Fsp3) is 0.444. The van der Waals surface area contributed by atoms with Crippen molar-refractivity contribution in [2.24, 2.45) is 0 Å². The molecule has 4 nitrogen and oxygen atoms in total. The zero-order valence-corrected chi connectivity index (χ0v) is 12.5. The lowest BCUT2D eigenvalue weighted by Gasteiger charge is -2.09. The van der Waals surface area contributed by atoms with E-state index in [1.54, 1.807) is 0 Å². The molecule has 2 atom stereocenters. The highest BCUT2D eigenvalue weighted by atomic mass is 16.4. The predicted octanol–water partition coefficient (Wildman–Crippen LogP) is 4.17. The van der Waals surface area contributed by atoms with Crippen LogP contribution in [0.4, 0.5) is 5.88 Å². The van der Waals surface area contributed by atoms with E-state index < -0.39 is 0 Å². The van der Waals surface area contributed by atoms with Crippen molar-refractivity contribution in [2.45, 2.75) is 50.0 Å². The Morgan fingerprint density at radius 3 is 2.64 bits per heavy atom. The van der Waals surface area contributed by atoms with Crippen LogP contribution in [0.2, 0.25) is 0 Å². The molecule has 1 N–H and O–H groups in total. The number of rotatable bonds is 4. The van der Waals surface area contributed by atoms with Gasteiger partial charge in [-0.2, -0.15) is 5.26 Å². The van der Waals surface area contributed by atoms with Crippen molar-refractivity contribution < 1.29 is 4.42 Å². The summed E-state index contributed by atoms with van der Waals surface area (Å²) in [6.45, 7) is 0. The molecule has 1 heterocycles. The molecule has 1 aromatic carbocycles. The van der Waals surface area contributed by atoms with Gasteiger partial charge >= 0.3 is 0 Å². The van der Waals surface area contributed by atoms with E-state index >= 15 is 0 Å². The van der Waals surface area contributed by atoms with Crippen LogP contribution in [0.25, 0.3) is 0 Å². The first-order chi connectivity index (χ1) is 10.8. The van der Waals surface area contributed by atoms with Crippen molar-refractivity contribution in [3.05, 3.63) is 47.5 Å². The summed E-state index contributed by atoms with van der Waals surface area (Å²) in [7, 11) is 0. The number of nitrogens with one attached hydrogen (secondary N) is 1. The quantitative estimate of drug-likeness (QED) is 0.919. The van der Waals surface area contributed by atoms with Crippen LogP contribution < -0.4 is 5.32 Å². The molecule has 0 amide bonds. The number of nitrogens with zero attached hydrogens (tertiary/aromatic N) is 2. The van der Waals surface area contributed by atoms with E-state index in [0.29, 0.717) is 35.3 Å². The molecule has 2 aromatic rings. The summed E-state index contributed by atoms with van der Waals surface area (Å²) in [5, 5.41) is 12.6. The van der Waals surface area contributed by atoms with Gasteiger partial charge in [-0.25, -0.2) is 4.98 Å². The SMILES string of the molecule is N#Cc1nc([C@@H]2C[C@H]2c2ccccc2)oc1NC1CCCC1. The van der Waals surface area contributed by atoms with Gasteiger partial charge in [0.2, 0.25) is 17.5 Å². The number of oxazole rings is 1. The van der Waals surface area contributed by atoms with Crippen LogP contribution in [0.5, 0.6) is 0 Å². The third-order valence-corrected chi connectivity index (χ3v) is 4.78. The lowest BCUT2D eigenvalue weighted by Crippen LogP contribution is -2.14. The molecule has 2 fully saturated rings. The van der Waals surface area contributed by atoms with Gasteiger partial charge in [-0.3, -0.25) is 0 Å². The van der Waals surface area contributed by atoms with E-state index in [1.165, 1.54) is 18.4 Å². The Morgan fingerprint density at radius 1 is 1.14 bits per heavy atom. The van der Waals surface area contributed by atoms with Crippen molar-refractivity contribution in [2.75, 3.05) is 5.32 Å². The minimum absolute atomic E-state index is 0.314.